The predicted octanol–water partition coefficient (Wildman–Crippen LogP) is 5.31. The van der Waals surface area contributed by atoms with E-state index in [-0.39, 0.29) is 36.5 Å². The van der Waals surface area contributed by atoms with E-state index in [9.17, 15) is 30.4 Å². The summed E-state index contributed by atoms with van der Waals surface area (Å²) in [5.74, 6) is -4.18. The molecule has 0 unspecified atom stereocenters. The summed E-state index contributed by atoms with van der Waals surface area (Å²) in [6, 6.07) is 9.36. The molecule has 1 saturated heterocycles. The third kappa shape index (κ3) is 5.44. The average Bonchev–Trinajstić information content (AvgIpc) is 3.28. The minimum Gasteiger partial charge on any atom is -0.292 e. The number of aromatic nitrogens is 2. The number of nitrogens with zero attached hydrogens (tertiary/aromatic N) is 3. The number of halogens is 5. The molecular weight excluding hydrogens is 497 g/mol. The fraction of sp³-hybridized carbons (Fsp3) is 0.364. The van der Waals surface area contributed by atoms with Gasteiger partial charge in [-0.15, -0.1) is 0 Å². The Bertz CT molecular complexity index is 1240. The standard InChI is InChI=1S/C22H20F5N3O2S2/c23-17-10-20(34(31,32)12-21-28-13-29-33-21)18(24)8-15(17)11-30-7-6-16(22(25,26)27)9-19(30)14-4-2-1-3-5-14/h1-5,8,10,13,16,19H,6-7,9,11-12H2/t16-,19-/m0/s1. The lowest BCUT2D eigenvalue weighted by molar-refractivity contribution is -0.190. The molecule has 1 aliphatic heterocycles. The molecule has 1 aromatic heterocycles. The highest BCUT2D eigenvalue weighted by Crippen LogP contribution is 2.42. The van der Waals surface area contributed by atoms with Crippen LogP contribution in [0, 0.1) is 17.6 Å². The highest BCUT2D eigenvalue weighted by Gasteiger charge is 2.44. The van der Waals surface area contributed by atoms with E-state index >= 15 is 0 Å². The Hall–Kier alpha value is -2.44. The number of sulfone groups is 1. The average molecular weight is 518 g/mol. The summed E-state index contributed by atoms with van der Waals surface area (Å²) in [5.41, 5.74) is 0.521. The number of likely N-dealkylation sites (tertiary alicyclic amines) is 1. The first-order valence-electron chi connectivity index (χ1n) is 10.4. The maximum atomic E-state index is 14.9. The highest BCUT2D eigenvalue weighted by atomic mass is 32.2. The fourth-order valence-corrected chi connectivity index (χ4v) is 6.35. The van der Waals surface area contributed by atoms with Crippen molar-refractivity contribution in [2.75, 3.05) is 6.54 Å². The van der Waals surface area contributed by atoms with Crippen molar-refractivity contribution in [3.05, 3.63) is 76.6 Å². The maximum absolute atomic E-state index is 14.9. The summed E-state index contributed by atoms with van der Waals surface area (Å²) in [5, 5.41) is 0.141. The lowest BCUT2D eigenvalue weighted by atomic mass is 9.86. The van der Waals surface area contributed by atoms with Gasteiger partial charge in [-0.25, -0.2) is 22.2 Å². The lowest BCUT2D eigenvalue weighted by Crippen LogP contribution is -2.41. The Morgan fingerprint density at radius 1 is 1.09 bits per heavy atom. The van der Waals surface area contributed by atoms with Crippen molar-refractivity contribution in [1.29, 1.82) is 0 Å². The smallest absolute Gasteiger partial charge is 0.292 e. The van der Waals surface area contributed by atoms with Gasteiger partial charge < -0.3 is 0 Å². The van der Waals surface area contributed by atoms with Crippen LogP contribution in [0.4, 0.5) is 22.0 Å². The lowest BCUT2D eigenvalue weighted by Gasteiger charge is -2.40. The van der Waals surface area contributed by atoms with Gasteiger partial charge in [-0.2, -0.15) is 17.5 Å². The highest BCUT2D eigenvalue weighted by molar-refractivity contribution is 7.90. The molecule has 1 aliphatic rings. The predicted molar refractivity (Wildman–Crippen MR) is 116 cm³/mol. The number of hydrogen-bond acceptors (Lipinski definition) is 6. The van der Waals surface area contributed by atoms with Crippen molar-refractivity contribution in [1.82, 2.24) is 14.3 Å². The molecular formula is C22H20F5N3O2S2. The summed E-state index contributed by atoms with van der Waals surface area (Å²) in [6.07, 6.45) is -3.54. The third-order valence-electron chi connectivity index (χ3n) is 5.89. The van der Waals surface area contributed by atoms with Crippen LogP contribution < -0.4 is 0 Å². The van der Waals surface area contributed by atoms with E-state index in [1.165, 1.54) is 6.33 Å². The van der Waals surface area contributed by atoms with Gasteiger partial charge in [-0.3, -0.25) is 4.90 Å². The van der Waals surface area contributed by atoms with E-state index < -0.39 is 50.3 Å². The van der Waals surface area contributed by atoms with Crippen LogP contribution in [0.15, 0.2) is 53.7 Å². The van der Waals surface area contributed by atoms with E-state index in [4.69, 9.17) is 0 Å². The van der Waals surface area contributed by atoms with Crippen LogP contribution in [-0.4, -0.2) is 35.4 Å². The molecule has 182 valence electrons. The van der Waals surface area contributed by atoms with E-state index in [1.54, 1.807) is 35.2 Å². The molecule has 0 N–H and O–H groups in total. The van der Waals surface area contributed by atoms with Gasteiger partial charge in [-0.1, -0.05) is 30.3 Å². The van der Waals surface area contributed by atoms with Crippen molar-refractivity contribution in [2.24, 2.45) is 5.92 Å². The molecule has 0 aliphatic carbocycles. The van der Waals surface area contributed by atoms with E-state index in [2.05, 4.69) is 9.36 Å². The Labute approximate surface area is 197 Å². The van der Waals surface area contributed by atoms with Crippen LogP contribution in [0.3, 0.4) is 0 Å². The molecule has 2 heterocycles. The van der Waals surface area contributed by atoms with Crippen LogP contribution in [0.25, 0.3) is 0 Å². The molecule has 3 aromatic rings. The fourth-order valence-electron chi connectivity index (χ4n) is 4.17. The first-order valence-corrected chi connectivity index (χ1v) is 12.8. The van der Waals surface area contributed by atoms with Crippen LogP contribution in [0.1, 0.15) is 35.0 Å². The number of piperidine rings is 1. The first-order chi connectivity index (χ1) is 16.0. The summed E-state index contributed by atoms with van der Waals surface area (Å²) in [4.78, 5) is 4.64. The molecule has 0 saturated carbocycles. The molecule has 5 nitrogen and oxygen atoms in total. The zero-order valence-corrected chi connectivity index (χ0v) is 19.3. The SMILES string of the molecule is O=S(=O)(Cc1ncns1)c1cc(F)c(CN2CC[C@H](C(F)(F)F)C[C@H]2c2ccccc2)cc1F. The Kier molecular flexibility index (Phi) is 7.02. The van der Waals surface area contributed by atoms with Crippen LogP contribution >= 0.6 is 11.5 Å². The van der Waals surface area contributed by atoms with Gasteiger partial charge in [-0.05, 0) is 48.6 Å². The number of benzene rings is 2. The zero-order chi connectivity index (χ0) is 24.5. The van der Waals surface area contributed by atoms with Crippen LogP contribution in [0.2, 0.25) is 0 Å². The summed E-state index contributed by atoms with van der Waals surface area (Å²) < 4.78 is 98.7. The largest absolute Gasteiger partial charge is 0.391 e. The van der Waals surface area contributed by atoms with Gasteiger partial charge in [0.25, 0.3) is 0 Å². The molecule has 0 spiro atoms. The molecule has 0 radical (unpaired) electrons. The number of alkyl halides is 3. The van der Waals surface area contributed by atoms with Gasteiger partial charge in [0, 0.05) is 18.2 Å². The molecule has 0 bridgehead atoms. The van der Waals surface area contributed by atoms with Crippen molar-refractivity contribution in [3.8, 4) is 0 Å². The third-order valence-corrected chi connectivity index (χ3v) is 8.37. The molecule has 1 fully saturated rings. The number of rotatable bonds is 6. The molecule has 2 aromatic carbocycles. The maximum Gasteiger partial charge on any atom is 0.391 e. The van der Waals surface area contributed by atoms with Crippen molar-refractivity contribution in [2.45, 2.75) is 42.3 Å². The second-order valence-electron chi connectivity index (χ2n) is 8.13. The molecule has 12 heteroatoms. The molecule has 34 heavy (non-hydrogen) atoms. The second-order valence-corrected chi connectivity index (χ2v) is 11.0. The minimum atomic E-state index is -4.35. The van der Waals surface area contributed by atoms with Gasteiger partial charge in [0.05, 0.1) is 5.92 Å². The second kappa shape index (κ2) is 9.67. The first kappa shape index (κ1) is 24.7. The van der Waals surface area contributed by atoms with Gasteiger partial charge in [0.1, 0.15) is 33.6 Å². The zero-order valence-electron chi connectivity index (χ0n) is 17.7. The van der Waals surface area contributed by atoms with E-state index in [1.807, 2.05) is 0 Å². The van der Waals surface area contributed by atoms with Gasteiger partial charge in [0.15, 0.2) is 9.84 Å². The van der Waals surface area contributed by atoms with Crippen molar-refractivity contribution < 1.29 is 30.4 Å². The Balaban J connectivity index is 1.60. The topological polar surface area (TPSA) is 63.2 Å². The monoisotopic (exact) mass is 517 g/mol. The van der Waals surface area contributed by atoms with Crippen molar-refractivity contribution >= 4 is 21.4 Å². The minimum absolute atomic E-state index is 0.0297. The Morgan fingerprint density at radius 2 is 1.82 bits per heavy atom. The van der Waals surface area contributed by atoms with Gasteiger partial charge >= 0.3 is 6.18 Å². The van der Waals surface area contributed by atoms with Crippen molar-refractivity contribution in [3.63, 3.8) is 0 Å². The summed E-state index contributed by atoms with van der Waals surface area (Å²) >= 11 is 0.838. The summed E-state index contributed by atoms with van der Waals surface area (Å²) in [6.45, 7) is -0.133. The molecule has 2 atom stereocenters. The molecule has 4 rings (SSSR count). The molecule has 0 amide bonds. The quantitative estimate of drug-likeness (QED) is 0.415. The summed E-state index contributed by atoms with van der Waals surface area (Å²) in [7, 11) is -4.21. The van der Waals surface area contributed by atoms with Crippen LogP contribution in [-0.2, 0) is 22.1 Å². The van der Waals surface area contributed by atoms with E-state index in [0.717, 1.165) is 17.6 Å². The van der Waals surface area contributed by atoms with E-state index in [0.29, 0.717) is 11.6 Å². The van der Waals surface area contributed by atoms with Crippen LogP contribution in [0.5, 0.6) is 0 Å². The Morgan fingerprint density at radius 3 is 2.47 bits per heavy atom. The normalized spacial score (nSPS) is 19.9. The van der Waals surface area contributed by atoms with Gasteiger partial charge in [0.2, 0.25) is 0 Å². The number of hydrogen-bond donors (Lipinski definition) is 0.